The van der Waals surface area contributed by atoms with Crippen LogP contribution in [0.25, 0.3) is 0 Å². The highest BCUT2D eigenvalue weighted by molar-refractivity contribution is 6.00. The van der Waals surface area contributed by atoms with E-state index in [4.69, 9.17) is 9.84 Å². The first-order valence-electron chi connectivity index (χ1n) is 6.27. The third-order valence-corrected chi connectivity index (χ3v) is 3.54. The third kappa shape index (κ3) is 2.53. The maximum Gasteiger partial charge on any atom is 0.326 e. The van der Waals surface area contributed by atoms with Crippen molar-refractivity contribution in [2.45, 2.75) is 38.1 Å². The lowest BCUT2D eigenvalue weighted by Crippen LogP contribution is -2.53. The molecule has 0 aliphatic carbocycles. The maximum atomic E-state index is 12.3. The molecule has 1 unspecified atom stereocenters. The first kappa shape index (κ1) is 13.0. The fourth-order valence-electron chi connectivity index (χ4n) is 2.52. The van der Waals surface area contributed by atoms with E-state index in [0.717, 1.165) is 4.90 Å². The number of carboxylic acids is 1. The van der Waals surface area contributed by atoms with Crippen LogP contribution in [0.4, 0.5) is 0 Å². The fourth-order valence-corrected chi connectivity index (χ4v) is 2.52. The van der Waals surface area contributed by atoms with Crippen molar-refractivity contribution in [1.82, 2.24) is 4.90 Å². The standard InChI is InChI=1S/C12H17NO5/c14-10-3-1-2-9(12(16)17)13(10)11(15)8-4-6-18-7-5-8/h8-9H,1-7H2,(H,16,17). The zero-order valence-corrected chi connectivity index (χ0v) is 10.1. The van der Waals surface area contributed by atoms with Crippen molar-refractivity contribution in [1.29, 1.82) is 0 Å². The van der Waals surface area contributed by atoms with Crippen LogP contribution in [0.15, 0.2) is 0 Å². The summed E-state index contributed by atoms with van der Waals surface area (Å²) in [5, 5.41) is 9.10. The Morgan fingerprint density at radius 2 is 1.89 bits per heavy atom. The lowest BCUT2D eigenvalue weighted by Gasteiger charge is -2.34. The summed E-state index contributed by atoms with van der Waals surface area (Å²) in [6, 6.07) is -0.985. The Morgan fingerprint density at radius 1 is 1.22 bits per heavy atom. The molecule has 1 atom stereocenters. The molecule has 18 heavy (non-hydrogen) atoms. The van der Waals surface area contributed by atoms with E-state index in [1.807, 2.05) is 0 Å². The molecule has 0 radical (unpaired) electrons. The number of hydrogen-bond donors (Lipinski definition) is 1. The monoisotopic (exact) mass is 255 g/mol. The van der Waals surface area contributed by atoms with Gasteiger partial charge in [0.2, 0.25) is 11.8 Å². The summed E-state index contributed by atoms with van der Waals surface area (Å²) in [6.45, 7) is 0.992. The Hall–Kier alpha value is -1.43. The van der Waals surface area contributed by atoms with Gasteiger partial charge in [0, 0.05) is 25.6 Å². The van der Waals surface area contributed by atoms with Crippen molar-refractivity contribution >= 4 is 17.8 Å². The molecule has 2 saturated heterocycles. The normalized spacial score (nSPS) is 26.1. The van der Waals surface area contributed by atoms with Crippen molar-refractivity contribution < 1.29 is 24.2 Å². The first-order valence-corrected chi connectivity index (χ1v) is 6.27. The van der Waals surface area contributed by atoms with Gasteiger partial charge < -0.3 is 9.84 Å². The van der Waals surface area contributed by atoms with Gasteiger partial charge in [-0.2, -0.15) is 0 Å². The molecular formula is C12H17NO5. The number of amides is 2. The number of carboxylic acid groups (broad SMARTS) is 1. The quantitative estimate of drug-likeness (QED) is 0.722. The predicted octanol–water partition coefficient (Wildman–Crippen LogP) is 0.405. The average Bonchev–Trinajstić information content (AvgIpc) is 2.38. The largest absolute Gasteiger partial charge is 0.480 e. The van der Waals surface area contributed by atoms with Gasteiger partial charge in [-0.1, -0.05) is 0 Å². The van der Waals surface area contributed by atoms with Crippen LogP contribution in [0.1, 0.15) is 32.1 Å². The van der Waals surface area contributed by atoms with Gasteiger partial charge in [-0.25, -0.2) is 4.79 Å². The Morgan fingerprint density at radius 3 is 2.50 bits per heavy atom. The Kier molecular flexibility index (Phi) is 3.96. The summed E-state index contributed by atoms with van der Waals surface area (Å²) >= 11 is 0. The number of nitrogens with zero attached hydrogens (tertiary/aromatic N) is 1. The highest BCUT2D eigenvalue weighted by atomic mass is 16.5. The minimum absolute atomic E-state index is 0.263. The number of hydrogen-bond acceptors (Lipinski definition) is 4. The molecule has 2 rings (SSSR count). The van der Waals surface area contributed by atoms with Gasteiger partial charge in [0.15, 0.2) is 0 Å². The molecule has 0 aromatic heterocycles. The average molecular weight is 255 g/mol. The molecule has 6 nitrogen and oxygen atoms in total. The molecule has 2 amide bonds. The van der Waals surface area contributed by atoms with E-state index in [2.05, 4.69) is 0 Å². The summed E-state index contributed by atoms with van der Waals surface area (Å²) in [5.41, 5.74) is 0. The van der Waals surface area contributed by atoms with Crippen LogP contribution in [0, 0.1) is 5.92 Å². The topological polar surface area (TPSA) is 83.9 Å². The van der Waals surface area contributed by atoms with E-state index in [-0.39, 0.29) is 24.2 Å². The van der Waals surface area contributed by atoms with Crippen LogP contribution in [-0.4, -0.2) is 47.0 Å². The van der Waals surface area contributed by atoms with E-state index in [9.17, 15) is 14.4 Å². The molecule has 2 aliphatic heterocycles. The zero-order valence-electron chi connectivity index (χ0n) is 10.1. The molecule has 0 bridgehead atoms. The minimum Gasteiger partial charge on any atom is -0.480 e. The first-order chi connectivity index (χ1) is 8.61. The van der Waals surface area contributed by atoms with E-state index >= 15 is 0 Å². The fraction of sp³-hybridized carbons (Fsp3) is 0.750. The van der Waals surface area contributed by atoms with Crippen molar-refractivity contribution in [3.05, 3.63) is 0 Å². The van der Waals surface area contributed by atoms with Gasteiger partial charge in [0.05, 0.1) is 0 Å². The van der Waals surface area contributed by atoms with Gasteiger partial charge in [-0.05, 0) is 25.7 Å². The van der Waals surface area contributed by atoms with E-state index in [1.165, 1.54) is 0 Å². The van der Waals surface area contributed by atoms with Crippen LogP contribution < -0.4 is 0 Å². The lowest BCUT2D eigenvalue weighted by atomic mass is 9.94. The van der Waals surface area contributed by atoms with Crippen LogP contribution in [-0.2, 0) is 19.1 Å². The van der Waals surface area contributed by atoms with E-state index in [0.29, 0.717) is 38.9 Å². The molecule has 0 aromatic carbocycles. The summed E-state index contributed by atoms with van der Waals surface area (Å²) in [4.78, 5) is 36.2. The van der Waals surface area contributed by atoms with Gasteiger partial charge in [0.1, 0.15) is 6.04 Å². The van der Waals surface area contributed by atoms with E-state index < -0.39 is 12.0 Å². The summed E-state index contributed by atoms with van der Waals surface area (Å²) < 4.78 is 5.17. The van der Waals surface area contributed by atoms with Gasteiger partial charge in [-0.15, -0.1) is 0 Å². The SMILES string of the molecule is O=C(O)C1CCCC(=O)N1C(=O)C1CCOCC1. The molecule has 0 aromatic rings. The molecule has 0 saturated carbocycles. The zero-order chi connectivity index (χ0) is 13.1. The molecule has 2 fully saturated rings. The molecule has 2 heterocycles. The van der Waals surface area contributed by atoms with Crippen molar-refractivity contribution in [3.8, 4) is 0 Å². The van der Waals surface area contributed by atoms with Gasteiger partial charge >= 0.3 is 5.97 Å². The lowest BCUT2D eigenvalue weighted by molar-refractivity contribution is -0.163. The molecule has 0 spiro atoms. The second kappa shape index (κ2) is 5.48. The number of aliphatic carboxylic acids is 1. The molecular weight excluding hydrogens is 238 g/mol. The number of piperidine rings is 1. The van der Waals surface area contributed by atoms with Crippen LogP contribution in [0.5, 0.6) is 0 Å². The van der Waals surface area contributed by atoms with Gasteiger partial charge in [-0.3, -0.25) is 14.5 Å². The third-order valence-electron chi connectivity index (χ3n) is 3.54. The number of likely N-dealkylation sites (tertiary alicyclic amines) is 1. The number of rotatable bonds is 2. The Bertz CT molecular complexity index is 361. The molecule has 1 N–H and O–H groups in total. The van der Waals surface area contributed by atoms with Crippen molar-refractivity contribution in [3.63, 3.8) is 0 Å². The highest BCUT2D eigenvalue weighted by Gasteiger charge is 2.40. The second-order valence-electron chi connectivity index (χ2n) is 4.73. The minimum atomic E-state index is -1.09. The molecule has 2 aliphatic rings. The van der Waals surface area contributed by atoms with Gasteiger partial charge in [0.25, 0.3) is 0 Å². The summed E-state index contributed by atoms with van der Waals surface area (Å²) in [5.74, 6) is -2.06. The number of imide groups is 1. The summed E-state index contributed by atoms with van der Waals surface area (Å²) in [6.07, 6.45) is 2.28. The smallest absolute Gasteiger partial charge is 0.326 e. The van der Waals surface area contributed by atoms with Crippen LogP contribution in [0.3, 0.4) is 0 Å². The van der Waals surface area contributed by atoms with E-state index in [1.54, 1.807) is 0 Å². The van der Waals surface area contributed by atoms with Crippen molar-refractivity contribution in [2.24, 2.45) is 5.92 Å². The van der Waals surface area contributed by atoms with Crippen LogP contribution in [0.2, 0.25) is 0 Å². The number of ether oxygens (including phenoxy) is 1. The van der Waals surface area contributed by atoms with Crippen molar-refractivity contribution in [2.75, 3.05) is 13.2 Å². The number of carbonyl (C=O) groups excluding carboxylic acids is 2. The molecule has 6 heteroatoms. The predicted molar refractivity (Wildman–Crippen MR) is 60.7 cm³/mol. The van der Waals surface area contributed by atoms with Crippen LogP contribution >= 0.6 is 0 Å². The number of carbonyl (C=O) groups is 3. The molecule has 100 valence electrons. The highest BCUT2D eigenvalue weighted by Crippen LogP contribution is 2.24. The Labute approximate surface area is 105 Å². The maximum absolute atomic E-state index is 12.3. The Balaban J connectivity index is 2.13. The second-order valence-corrected chi connectivity index (χ2v) is 4.73. The summed E-state index contributed by atoms with van der Waals surface area (Å²) in [7, 11) is 0.